The topological polar surface area (TPSA) is 63.9 Å². The van der Waals surface area contributed by atoms with Gasteiger partial charge in [0.2, 0.25) is 0 Å². The maximum atomic E-state index is 6.14. The third kappa shape index (κ3) is 6.00. The number of H-pyrrole nitrogens is 1. The fourth-order valence-electron chi connectivity index (χ4n) is 3.38. The van der Waals surface area contributed by atoms with Gasteiger partial charge < -0.3 is 10.5 Å². The Morgan fingerprint density at radius 2 is 1.61 bits per heavy atom. The van der Waals surface area contributed by atoms with Crippen molar-refractivity contribution >= 4 is 17.3 Å². The molecule has 1 heterocycles. The van der Waals surface area contributed by atoms with Crippen LogP contribution in [-0.4, -0.2) is 17.3 Å². The second-order valence-corrected chi connectivity index (χ2v) is 6.86. The summed E-state index contributed by atoms with van der Waals surface area (Å²) in [6.07, 6.45) is 3.14. The quantitative estimate of drug-likeness (QED) is 0.417. The van der Waals surface area contributed by atoms with E-state index in [0.29, 0.717) is 0 Å². The number of aryl methyl sites for hydroxylation is 3. The van der Waals surface area contributed by atoms with E-state index < -0.39 is 0 Å². The summed E-state index contributed by atoms with van der Waals surface area (Å²) in [6, 6.07) is 12.3. The van der Waals surface area contributed by atoms with Crippen LogP contribution in [0.1, 0.15) is 69.0 Å². The van der Waals surface area contributed by atoms with Crippen molar-refractivity contribution in [3.63, 3.8) is 0 Å². The van der Waals surface area contributed by atoms with E-state index in [1.807, 2.05) is 58.9 Å². The molecular weight excluding hydrogens is 382 g/mol. The number of ether oxygens (including phenoxy) is 1. The molecule has 0 aliphatic heterocycles. The molecule has 1 aromatic heterocycles. The highest BCUT2D eigenvalue weighted by atomic mass is 16.5. The number of allylic oxidation sites excluding steroid dienone is 1. The Balaban J connectivity index is 0.00000113. The summed E-state index contributed by atoms with van der Waals surface area (Å²) in [6.45, 7) is 16.3. The van der Waals surface area contributed by atoms with Gasteiger partial charge in [0.1, 0.15) is 11.4 Å². The summed E-state index contributed by atoms with van der Waals surface area (Å²) < 4.78 is 5.54. The fraction of sp³-hybridized carbons (Fsp3) is 0.370. The van der Waals surface area contributed by atoms with Gasteiger partial charge in [0.25, 0.3) is 0 Å². The average molecular weight is 422 g/mol. The van der Waals surface area contributed by atoms with Crippen molar-refractivity contribution in [3.05, 3.63) is 64.3 Å². The van der Waals surface area contributed by atoms with Gasteiger partial charge in [-0.3, -0.25) is 5.10 Å². The zero-order chi connectivity index (χ0) is 23.6. The van der Waals surface area contributed by atoms with Crippen LogP contribution >= 0.6 is 0 Å². The lowest BCUT2D eigenvalue weighted by Crippen LogP contribution is -1.96. The third-order valence-electron chi connectivity index (χ3n) is 5.02. The molecule has 2 aromatic carbocycles. The normalized spacial score (nSPS) is 10.5. The Morgan fingerprint density at radius 3 is 2.16 bits per heavy atom. The summed E-state index contributed by atoms with van der Waals surface area (Å²) in [7, 11) is 1.69. The first-order valence-corrected chi connectivity index (χ1v) is 11.2. The number of rotatable bonds is 5. The molecule has 0 aliphatic rings. The van der Waals surface area contributed by atoms with Crippen molar-refractivity contribution in [3.8, 4) is 17.0 Å². The lowest BCUT2D eigenvalue weighted by Gasteiger charge is -2.12. The van der Waals surface area contributed by atoms with Crippen LogP contribution < -0.4 is 10.5 Å². The molecule has 0 saturated heterocycles. The summed E-state index contributed by atoms with van der Waals surface area (Å²) >= 11 is 0. The lowest BCUT2D eigenvalue weighted by molar-refractivity contribution is 0.416. The monoisotopic (exact) mass is 421 g/mol. The molecule has 3 rings (SSSR count). The number of aromatic amines is 1. The molecule has 0 fully saturated rings. The van der Waals surface area contributed by atoms with Crippen molar-refractivity contribution in [2.75, 3.05) is 12.8 Å². The smallest absolute Gasteiger partial charge is 0.128 e. The average Bonchev–Trinajstić information content (AvgIpc) is 3.17. The summed E-state index contributed by atoms with van der Waals surface area (Å²) in [5.74, 6) is 0.816. The molecule has 3 N–H and O–H groups in total. The van der Waals surface area contributed by atoms with Crippen LogP contribution in [0.5, 0.6) is 5.75 Å². The Hall–Kier alpha value is -3.01. The molecule has 0 saturated carbocycles. The minimum absolute atomic E-state index is 0.816. The molecule has 31 heavy (non-hydrogen) atoms. The second kappa shape index (κ2) is 12.6. The molecule has 0 unspecified atom stereocenters. The Morgan fingerprint density at radius 1 is 1.03 bits per heavy atom. The molecular formula is C27H39N3O. The van der Waals surface area contributed by atoms with E-state index in [0.717, 1.165) is 51.5 Å². The largest absolute Gasteiger partial charge is 0.496 e. The van der Waals surface area contributed by atoms with Crippen molar-refractivity contribution in [1.82, 2.24) is 10.2 Å². The highest BCUT2D eigenvalue weighted by Crippen LogP contribution is 2.35. The van der Waals surface area contributed by atoms with Crippen LogP contribution in [0.25, 0.3) is 22.9 Å². The van der Waals surface area contributed by atoms with E-state index in [1.165, 1.54) is 11.1 Å². The van der Waals surface area contributed by atoms with Gasteiger partial charge in [0.15, 0.2) is 0 Å². The van der Waals surface area contributed by atoms with E-state index in [-0.39, 0.29) is 0 Å². The first kappa shape index (κ1) is 26.0. The van der Waals surface area contributed by atoms with Gasteiger partial charge in [0.05, 0.1) is 7.11 Å². The molecule has 0 atom stereocenters. The van der Waals surface area contributed by atoms with Gasteiger partial charge in [0, 0.05) is 22.5 Å². The zero-order valence-corrected chi connectivity index (χ0v) is 20.7. The number of methoxy groups -OCH3 is 1. The Kier molecular flexibility index (Phi) is 10.6. The molecule has 3 aromatic rings. The van der Waals surface area contributed by atoms with Gasteiger partial charge in [-0.2, -0.15) is 5.10 Å². The van der Waals surface area contributed by atoms with Crippen LogP contribution in [0.3, 0.4) is 0 Å². The molecule has 0 radical (unpaired) electrons. The van der Waals surface area contributed by atoms with Crippen LogP contribution in [0.15, 0.2) is 36.4 Å². The van der Waals surface area contributed by atoms with Crippen molar-refractivity contribution in [2.45, 2.75) is 61.8 Å². The van der Waals surface area contributed by atoms with Crippen LogP contribution in [0, 0.1) is 20.8 Å². The number of nitrogens with zero attached hydrogens (tertiary/aromatic N) is 1. The molecule has 4 nitrogen and oxygen atoms in total. The van der Waals surface area contributed by atoms with Crippen LogP contribution in [0.4, 0.5) is 5.69 Å². The third-order valence-corrected chi connectivity index (χ3v) is 5.02. The van der Waals surface area contributed by atoms with Crippen LogP contribution in [0.2, 0.25) is 0 Å². The molecule has 168 valence electrons. The van der Waals surface area contributed by atoms with Gasteiger partial charge in [-0.05, 0) is 79.8 Å². The van der Waals surface area contributed by atoms with Gasteiger partial charge >= 0.3 is 0 Å². The SMILES string of the molecule is CC.CC.CC/C(=C\c1c(-c2ccccc2OC)n[nH]c1C)c1cc(C)c(N)c(C)c1. The number of benzene rings is 2. The van der Waals surface area contributed by atoms with E-state index in [2.05, 4.69) is 49.2 Å². The van der Waals surface area contributed by atoms with Gasteiger partial charge in [-0.15, -0.1) is 0 Å². The number of nitrogens with two attached hydrogens (primary N) is 1. The number of nitrogen functional groups attached to an aromatic ring is 1. The van der Waals surface area contributed by atoms with Crippen molar-refractivity contribution in [2.24, 2.45) is 0 Å². The minimum atomic E-state index is 0.816. The number of para-hydroxylation sites is 1. The predicted molar refractivity (Wildman–Crippen MR) is 136 cm³/mol. The van der Waals surface area contributed by atoms with E-state index in [4.69, 9.17) is 10.5 Å². The maximum Gasteiger partial charge on any atom is 0.128 e. The number of hydrogen-bond donors (Lipinski definition) is 2. The van der Waals surface area contributed by atoms with E-state index in [9.17, 15) is 0 Å². The Bertz CT molecular complexity index is 976. The zero-order valence-electron chi connectivity index (χ0n) is 20.7. The van der Waals surface area contributed by atoms with E-state index >= 15 is 0 Å². The standard InChI is InChI=1S/C23H27N3O.2C2H6/c1-6-17(18-11-14(2)22(24)15(3)12-18)13-20-16(4)25-26-23(20)19-9-7-8-10-21(19)27-5;2*1-2/h7-13H,6,24H2,1-5H3,(H,25,26);2*1-2H3/b17-13+;;. The molecule has 0 aliphatic carbocycles. The predicted octanol–water partition coefficient (Wildman–Crippen LogP) is 7.60. The first-order chi connectivity index (χ1) is 15.0. The van der Waals surface area contributed by atoms with Gasteiger partial charge in [-0.25, -0.2) is 0 Å². The maximum absolute atomic E-state index is 6.14. The lowest BCUT2D eigenvalue weighted by atomic mass is 9.94. The highest BCUT2D eigenvalue weighted by molar-refractivity contribution is 5.88. The van der Waals surface area contributed by atoms with Crippen molar-refractivity contribution < 1.29 is 4.74 Å². The fourth-order valence-corrected chi connectivity index (χ4v) is 3.38. The minimum Gasteiger partial charge on any atom is -0.496 e. The molecule has 4 heteroatoms. The number of nitrogens with one attached hydrogen (secondary N) is 1. The Labute approximate surface area is 188 Å². The molecule has 0 amide bonds. The summed E-state index contributed by atoms with van der Waals surface area (Å²) in [4.78, 5) is 0. The second-order valence-electron chi connectivity index (χ2n) is 6.86. The number of anilines is 1. The first-order valence-electron chi connectivity index (χ1n) is 11.2. The molecule has 0 bridgehead atoms. The number of aromatic nitrogens is 2. The highest BCUT2D eigenvalue weighted by Gasteiger charge is 2.15. The summed E-state index contributed by atoms with van der Waals surface area (Å²) in [5, 5.41) is 7.68. The van der Waals surface area contributed by atoms with Gasteiger partial charge in [-0.1, -0.05) is 46.8 Å². The summed E-state index contributed by atoms with van der Waals surface area (Å²) in [5.41, 5.74) is 15.7. The van der Waals surface area contributed by atoms with Crippen molar-refractivity contribution in [1.29, 1.82) is 0 Å². The molecule has 0 spiro atoms. The van der Waals surface area contributed by atoms with E-state index in [1.54, 1.807) is 7.11 Å². The van der Waals surface area contributed by atoms with Crippen LogP contribution in [-0.2, 0) is 0 Å². The number of hydrogen-bond acceptors (Lipinski definition) is 3.